The molecule has 0 unspecified atom stereocenters. The Labute approximate surface area is 269 Å². The summed E-state index contributed by atoms with van der Waals surface area (Å²) in [6.45, 7) is 6.59. The van der Waals surface area contributed by atoms with Gasteiger partial charge in [-0.2, -0.15) is 0 Å². The van der Waals surface area contributed by atoms with Crippen molar-refractivity contribution in [3.63, 3.8) is 0 Å². The molecule has 0 saturated carbocycles. The van der Waals surface area contributed by atoms with Crippen molar-refractivity contribution in [3.8, 4) is 40.2 Å². The highest BCUT2D eigenvalue weighted by Crippen LogP contribution is 2.51. The topological polar surface area (TPSA) is 189 Å². The van der Waals surface area contributed by atoms with Gasteiger partial charge in [-0.15, -0.1) is 0 Å². The summed E-state index contributed by atoms with van der Waals surface area (Å²) in [5.41, 5.74) is -3.53. The van der Waals surface area contributed by atoms with E-state index < -0.39 is 45.8 Å². The molecule has 0 saturated heterocycles. The zero-order valence-electron chi connectivity index (χ0n) is 25.9. The van der Waals surface area contributed by atoms with Crippen LogP contribution >= 0.6 is 0 Å². The number of fused-ring (bicyclic) bond motifs is 8. The molecule has 0 spiro atoms. The molecular weight excluding hydrogens is 624 g/mol. The Balaban J connectivity index is 1.35. The van der Waals surface area contributed by atoms with Gasteiger partial charge < -0.3 is 48.6 Å². The Kier molecular flexibility index (Phi) is 5.89. The first-order valence-electron chi connectivity index (χ1n) is 15.0. The number of phenols is 4. The molecule has 2 atom stereocenters. The molecule has 2 aliphatic heterocycles. The number of benzene rings is 4. The van der Waals surface area contributed by atoms with Crippen molar-refractivity contribution in [2.75, 3.05) is 0 Å². The lowest BCUT2D eigenvalue weighted by atomic mass is 9.93. The zero-order chi connectivity index (χ0) is 34.0. The van der Waals surface area contributed by atoms with Gasteiger partial charge in [0, 0.05) is 12.1 Å². The molecule has 0 radical (unpaired) electrons. The van der Waals surface area contributed by atoms with Crippen molar-refractivity contribution in [2.45, 2.75) is 51.1 Å². The third-order valence-electron chi connectivity index (χ3n) is 8.75. The van der Waals surface area contributed by atoms with Crippen molar-refractivity contribution < 1.29 is 48.6 Å². The highest BCUT2D eigenvalue weighted by Gasteiger charge is 2.48. The molecule has 0 fully saturated rings. The molecule has 4 heterocycles. The summed E-state index contributed by atoms with van der Waals surface area (Å²) in [4.78, 5) is 27.2. The van der Waals surface area contributed by atoms with E-state index in [0.717, 1.165) is 0 Å². The highest BCUT2D eigenvalue weighted by atomic mass is 16.6. The molecule has 8 rings (SSSR count). The molecule has 5 N–H and O–H groups in total. The number of rotatable bonds is 3. The lowest BCUT2D eigenvalue weighted by Gasteiger charge is -2.30. The number of aliphatic hydroxyl groups is 1. The van der Waals surface area contributed by atoms with E-state index in [0.29, 0.717) is 5.56 Å². The van der Waals surface area contributed by atoms with Crippen LogP contribution in [0.2, 0.25) is 0 Å². The van der Waals surface area contributed by atoms with E-state index >= 15 is 0 Å². The van der Waals surface area contributed by atoms with Crippen LogP contribution in [0.25, 0.3) is 50.0 Å². The molecule has 0 bridgehead atoms. The van der Waals surface area contributed by atoms with Gasteiger partial charge in [0.05, 0.1) is 27.5 Å². The van der Waals surface area contributed by atoms with Gasteiger partial charge in [-0.25, -0.2) is 0 Å². The van der Waals surface area contributed by atoms with Gasteiger partial charge in [-0.3, -0.25) is 9.59 Å². The van der Waals surface area contributed by atoms with Crippen molar-refractivity contribution in [1.82, 2.24) is 0 Å². The third-order valence-corrected chi connectivity index (χ3v) is 8.75. The molecule has 0 aliphatic carbocycles. The van der Waals surface area contributed by atoms with Gasteiger partial charge in [0.15, 0.2) is 46.0 Å². The normalized spacial score (nSPS) is 18.2. The lowest BCUT2D eigenvalue weighted by Crippen LogP contribution is -2.43. The quantitative estimate of drug-likeness (QED) is 0.143. The molecule has 0 amide bonds. The lowest BCUT2D eigenvalue weighted by molar-refractivity contribution is -0.0693. The van der Waals surface area contributed by atoms with E-state index in [1.54, 1.807) is 12.2 Å². The Hall–Kier alpha value is -5.88. The highest BCUT2D eigenvalue weighted by molar-refractivity contribution is 6.01. The SMILES string of the molecule is CC1(C)C=Cc2c(cc(O)c3c(=O)c4ccc(O[C@@H]5c6c(cc(O)c7c(=O)c8cccc(O)c8oc67)O[C@H]5C(C)(C)O)c(O)c4oc23)O1. The molecule has 12 nitrogen and oxygen atoms in total. The number of para-hydroxylation sites is 1. The Bertz CT molecular complexity index is 2550. The summed E-state index contributed by atoms with van der Waals surface area (Å²) in [5.74, 6) is -1.56. The minimum absolute atomic E-state index is 0.0134. The molecule has 6 aromatic rings. The second-order valence-corrected chi connectivity index (χ2v) is 13.1. The number of hydrogen-bond acceptors (Lipinski definition) is 12. The van der Waals surface area contributed by atoms with Crippen LogP contribution in [-0.4, -0.2) is 42.8 Å². The Morgan fingerprint density at radius 3 is 2.15 bits per heavy atom. The number of aromatic hydroxyl groups is 4. The van der Waals surface area contributed by atoms with E-state index in [1.165, 1.54) is 56.3 Å². The average molecular weight is 653 g/mol. The molecule has 244 valence electrons. The summed E-state index contributed by atoms with van der Waals surface area (Å²) >= 11 is 0. The van der Waals surface area contributed by atoms with Crippen LogP contribution in [0.1, 0.15) is 44.9 Å². The predicted molar refractivity (Wildman–Crippen MR) is 174 cm³/mol. The second-order valence-electron chi connectivity index (χ2n) is 13.1. The largest absolute Gasteiger partial charge is 0.507 e. The van der Waals surface area contributed by atoms with Gasteiger partial charge in [-0.05, 0) is 64.1 Å². The summed E-state index contributed by atoms with van der Waals surface area (Å²) in [6, 6.07) is 9.50. The number of hydrogen-bond donors (Lipinski definition) is 5. The minimum atomic E-state index is -1.59. The zero-order valence-corrected chi connectivity index (χ0v) is 25.9. The second kappa shape index (κ2) is 9.58. The van der Waals surface area contributed by atoms with Crippen molar-refractivity contribution in [1.29, 1.82) is 0 Å². The molecule has 4 aromatic carbocycles. The first-order valence-corrected chi connectivity index (χ1v) is 15.0. The fourth-order valence-electron chi connectivity index (χ4n) is 6.47. The van der Waals surface area contributed by atoms with Crippen molar-refractivity contribution in [2.24, 2.45) is 0 Å². The minimum Gasteiger partial charge on any atom is -0.507 e. The summed E-state index contributed by atoms with van der Waals surface area (Å²) < 4.78 is 30.5. The number of phenolic OH excluding ortho intramolecular Hbond substituents is 4. The van der Waals surface area contributed by atoms with Crippen LogP contribution in [0.5, 0.6) is 40.2 Å². The van der Waals surface area contributed by atoms with Crippen molar-refractivity contribution in [3.05, 3.63) is 80.1 Å². The van der Waals surface area contributed by atoms with Gasteiger partial charge >= 0.3 is 0 Å². The van der Waals surface area contributed by atoms with Crippen LogP contribution in [0, 0.1) is 0 Å². The van der Waals surface area contributed by atoms with Crippen LogP contribution < -0.4 is 25.1 Å². The van der Waals surface area contributed by atoms with Gasteiger partial charge in [0.25, 0.3) is 0 Å². The van der Waals surface area contributed by atoms with E-state index in [4.69, 9.17) is 23.0 Å². The standard InChI is InChI=1S/C36H28O12/c1-35(2)11-10-14-21(48-35)12-18(38)23-27(41)16-8-9-20(28(42)31(16)47-30(14)23)44-33-25-22(45-34(33)36(3,4)43)13-19(39)24-26(40)15-6-5-7-17(37)29(15)46-32(24)25/h5-13,33-34,37-39,42-43H,1-4H3/t33-,34-/m1/s1. The fraction of sp³-hybridized carbons (Fsp3) is 0.222. The smallest absolute Gasteiger partial charge is 0.204 e. The van der Waals surface area contributed by atoms with Crippen molar-refractivity contribution >= 4 is 50.0 Å². The van der Waals surface area contributed by atoms with Gasteiger partial charge in [-0.1, -0.05) is 6.07 Å². The van der Waals surface area contributed by atoms with Crippen LogP contribution in [0.4, 0.5) is 0 Å². The van der Waals surface area contributed by atoms with Gasteiger partial charge in [0.1, 0.15) is 39.4 Å². The van der Waals surface area contributed by atoms with E-state index in [2.05, 4.69) is 0 Å². The van der Waals surface area contributed by atoms with E-state index in [9.17, 15) is 35.1 Å². The van der Waals surface area contributed by atoms with E-state index in [-0.39, 0.29) is 78.2 Å². The molecule has 12 heteroatoms. The summed E-state index contributed by atoms with van der Waals surface area (Å²) in [5, 5.41) is 54.6. The maximum absolute atomic E-state index is 13.6. The first-order chi connectivity index (χ1) is 22.6. The third kappa shape index (κ3) is 4.12. The van der Waals surface area contributed by atoms with E-state index in [1.807, 2.05) is 13.8 Å². The molecule has 2 aromatic heterocycles. The maximum atomic E-state index is 13.6. The Morgan fingerprint density at radius 2 is 1.44 bits per heavy atom. The monoisotopic (exact) mass is 652 g/mol. The first kappa shape index (κ1) is 29.5. The summed E-state index contributed by atoms with van der Waals surface area (Å²) in [6.07, 6.45) is 1.05. The van der Waals surface area contributed by atoms with Gasteiger partial charge in [0.2, 0.25) is 16.6 Å². The van der Waals surface area contributed by atoms with Crippen LogP contribution in [0.3, 0.4) is 0 Å². The molecule has 48 heavy (non-hydrogen) atoms. The predicted octanol–water partition coefficient (Wildman–Crippen LogP) is 5.86. The van der Waals surface area contributed by atoms with Crippen LogP contribution in [0.15, 0.2) is 67.0 Å². The maximum Gasteiger partial charge on any atom is 0.204 e. The Morgan fingerprint density at radius 1 is 0.792 bits per heavy atom. The molecular formula is C36H28O12. The number of ether oxygens (including phenoxy) is 3. The average Bonchev–Trinajstić information content (AvgIpc) is 3.37. The van der Waals surface area contributed by atoms with Crippen LogP contribution in [-0.2, 0) is 0 Å². The molecule has 2 aliphatic rings. The fourth-order valence-corrected chi connectivity index (χ4v) is 6.47. The summed E-state index contributed by atoms with van der Waals surface area (Å²) in [7, 11) is 0.